The van der Waals surface area contributed by atoms with Gasteiger partial charge in [0.15, 0.2) is 15.6 Å². The van der Waals surface area contributed by atoms with Gasteiger partial charge in [-0.1, -0.05) is 12.5 Å². The summed E-state index contributed by atoms with van der Waals surface area (Å²) in [7, 11) is -5.95. The minimum Gasteiger partial charge on any atom is -0.361 e. The lowest BCUT2D eigenvalue weighted by atomic mass is 9.91. The van der Waals surface area contributed by atoms with Gasteiger partial charge in [-0.05, 0) is 62.9 Å². The summed E-state index contributed by atoms with van der Waals surface area (Å²) in [6, 6.07) is 2.84. The van der Waals surface area contributed by atoms with Gasteiger partial charge in [-0.15, -0.1) is 0 Å². The molecule has 31 heavy (non-hydrogen) atoms. The number of carbonyl (C=O) groups is 1. The highest BCUT2D eigenvalue weighted by Crippen LogP contribution is 2.33. The molecule has 0 bridgehead atoms. The van der Waals surface area contributed by atoms with Crippen molar-refractivity contribution >= 4 is 31.3 Å². The zero-order chi connectivity index (χ0) is 23.7. The highest BCUT2D eigenvalue weighted by atomic mass is 32.2. The molecule has 1 aromatic heterocycles. The van der Waals surface area contributed by atoms with Gasteiger partial charge in [0.25, 0.3) is 0 Å². The smallest absolute Gasteiger partial charge is 0.310 e. The van der Waals surface area contributed by atoms with Crippen molar-refractivity contribution < 1.29 is 25.8 Å². The van der Waals surface area contributed by atoms with Crippen molar-refractivity contribution in [2.75, 3.05) is 12.0 Å². The second kappa shape index (κ2) is 8.96. The highest BCUT2D eigenvalue weighted by molar-refractivity contribution is 7.90. The lowest BCUT2D eigenvalue weighted by Gasteiger charge is -2.17. The van der Waals surface area contributed by atoms with E-state index in [1.54, 1.807) is 20.8 Å². The summed E-state index contributed by atoms with van der Waals surface area (Å²) in [5, 5.41) is 3.98. The maximum atomic E-state index is 13.4. The standard InChI is InChI=1S/C21H28N2O6S2/c1-8-11-31(27,28)29-21-17(12-22-23(21)6)20(24)16-9-10-18(30(7,25)26)19(15(16)5)14(4)13(2)3/h9-10,12H,8,11H2,1-7H3. The van der Waals surface area contributed by atoms with E-state index in [4.69, 9.17) is 4.18 Å². The summed E-state index contributed by atoms with van der Waals surface area (Å²) >= 11 is 0. The fraction of sp³-hybridized carbons (Fsp3) is 0.429. The first-order valence-corrected chi connectivity index (χ1v) is 13.1. The zero-order valence-electron chi connectivity index (χ0n) is 18.8. The number of rotatable bonds is 8. The van der Waals surface area contributed by atoms with Crippen molar-refractivity contribution in [2.24, 2.45) is 7.05 Å². The van der Waals surface area contributed by atoms with E-state index in [1.165, 1.54) is 30.1 Å². The molecule has 0 spiro atoms. The number of carbonyl (C=O) groups excluding carboxylic acids is 1. The van der Waals surface area contributed by atoms with E-state index in [9.17, 15) is 21.6 Å². The largest absolute Gasteiger partial charge is 0.361 e. The Bertz CT molecular complexity index is 1270. The van der Waals surface area contributed by atoms with E-state index >= 15 is 0 Å². The molecule has 0 aliphatic heterocycles. The average Bonchev–Trinajstić information content (AvgIpc) is 2.99. The summed E-state index contributed by atoms with van der Waals surface area (Å²) in [5.74, 6) is -0.877. The molecule has 10 heteroatoms. The number of aromatic nitrogens is 2. The third-order valence-electron chi connectivity index (χ3n) is 4.98. The van der Waals surface area contributed by atoms with Crippen LogP contribution in [0.15, 0.2) is 28.8 Å². The average molecular weight is 469 g/mol. The number of ketones is 1. The fourth-order valence-corrected chi connectivity index (χ4v) is 5.21. The number of allylic oxidation sites excluding steroid dienone is 2. The molecule has 8 nitrogen and oxygen atoms in total. The Hall–Kier alpha value is -2.46. The van der Waals surface area contributed by atoms with Crippen LogP contribution in [0.1, 0.15) is 61.2 Å². The molecule has 0 saturated heterocycles. The van der Waals surface area contributed by atoms with Crippen LogP contribution in [-0.4, -0.2) is 44.4 Å². The van der Waals surface area contributed by atoms with Crippen molar-refractivity contribution in [3.63, 3.8) is 0 Å². The van der Waals surface area contributed by atoms with Crippen LogP contribution in [0.2, 0.25) is 0 Å². The summed E-state index contributed by atoms with van der Waals surface area (Å²) < 4.78 is 55.4. The molecule has 170 valence electrons. The van der Waals surface area contributed by atoms with Crippen LogP contribution >= 0.6 is 0 Å². The molecule has 2 rings (SSSR count). The van der Waals surface area contributed by atoms with Gasteiger partial charge in [0.05, 0.1) is 16.8 Å². The molecule has 1 heterocycles. The lowest BCUT2D eigenvalue weighted by Crippen LogP contribution is -2.17. The first kappa shape index (κ1) is 24.8. The van der Waals surface area contributed by atoms with Crippen LogP contribution in [0.4, 0.5) is 0 Å². The van der Waals surface area contributed by atoms with Crippen molar-refractivity contribution in [3.8, 4) is 5.88 Å². The Kier molecular flexibility index (Phi) is 7.17. The fourth-order valence-electron chi connectivity index (χ4n) is 3.20. The van der Waals surface area contributed by atoms with E-state index < -0.39 is 25.7 Å². The van der Waals surface area contributed by atoms with Gasteiger partial charge in [-0.3, -0.25) is 4.79 Å². The van der Waals surface area contributed by atoms with Crippen molar-refractivity contribution in [2.45, 2.75) is 45.9 Å². The second-order valence-electron chi connectivity index (χ2n) is 7.67. The normalized spacial score (nSPS) is 12.0. The van der Waals surface area contributed by atoms with E-state index in [1.807, 2.05) is 13.8 Å². The SMILES string of the molecule is CCCS(=O)(=O)Oc1c(C(=O)c2ccc(S(C)(=O)=O)c(C(C)=C(C)C)c2C)cnn1C. The number of nitrogens with zero attached hydrogens (tertiary/aromatic N) is 2. The lowest BCUT2D eigenvalue weighted by molar-refractivity contribution is 0.103. The van der Waals surface area contributed by atoms with E-state index in [-0.39, 0.29) is 27.7 Å². The summed E-state index contributed by atoms with van der Waals surface area (Å²) in [6.45, 7) is 8.91. The van der Waals surface area contributed by atoms with Crippen molar-refractivity contribution in [1.29, 1.82) is 0 Å². The number of aryl methyl sites for hydroxylation is 1. The van der Waals surface area contributed by atoms with E-state index in [0.717, 1.165) is 17.4 Å². The number of sulfone groups is 1. The second-order valence-corrected chi connectivity index (χ2v) is 11.3. The van der Waals surface area contributed by atoms with E-state index in [2.05, 4.69) is 5.10 Å². The van der Waals surface area contributed by atoms with Gasteiger partial charge in [0.2, 0.25) is 5.88 Å². The van der Waals surface area contributed by atoms with Gasteiger partial charge in [-0.25, -0.2) is 13.1 Å². The number of benzene rings is 1. The summed E-state index contributed by atoms with van der Waals surface area (Å²) in [6.07, 6.45) is 2.73. The van der Waals surface area contributed by atoms with E-state index in [0.29, 0.717) is 17.5 Å². The third-order valence-corrected chi connectivity index (χ3v) is 7.44. The maximum Gasteiger partial charge on any atom is 0.310 e. The molecule has 0 radical (unpaired) electrons. The molecule has 0 N–H and O–H groups in total. The molecule has 1 aromatic carbocycles. The molecule has 0 amide bonds. The highest BCUT2D eigenvalue weighted by Gasteiger charge is 2.27. The molecule has 2 aromatic rings. The van der Waals surface area contributed by atoms with Gasteiger partial charge in [0, 0.05) is 18.9 Å². The van der Waals surface area contributed by atoms with Crippen LogP contribution in [-0.2, 0) is 27.0 Å². The van der Waals surface area contributed by atoms with Gasteiger partial charge < -0.3 is 4.18 Å². The van der Waals surface area contributed by atoms with Gasteiger partial charge in [-0.2, -0.15) is 13.5 Å². The van der Waals surface area contributed by atoms with Crippen LogP contribution in [0.25, 0.3) is 5.57 Å². The zero-order valence-corrected chi connectivity index (χ0v) is 20.4. The molecular weight excluding hydrogens is 440 g/mol. The number of hydrogen-bond donors (Lipinski definition) is 0. The van der Waals surface area contributed by atoms with Crippen molar-refractivity contribution in [1.82, 2.24) is 9.78 Å². The Morgan fingerprint density at radius 3 is 2.23 bits per heavy atom. The topological polar surface area (TPSA) is 112 Å². The van der Waals surface area contributed by atoms with Crippen LogP contribution < -0.4 is 4.18 Å². The van der Waals surface area contributed by atoms with Crippen LogP contribution in [0.5, 0.6) is 5.88 Å². The molecule has 0 aliphatic carbocycles. The molecule has 0 atom stereocenters. The quantitative estimate of drug-likeness (QED) is 0.431. The Labute approximate surface area is 184 Å². The molecular formula is C21H28N2O6S2. The van der Waals surface area contributed by atoms with Gasteiger partial charge in [0.1, 0.15) is 5.56 Å². The van der Waals surface area contributed by atoms with Crippen LogP contribution in [0.3, 0.4) is 0 Å². The molecule has 0 saturated carbocycles. The Morgan fingerprint density at radius 2 is 1.71 bits per heavy atom. The van der Waals surface area contributed by atoms with Gasteiger partial charge >= 0.3 is 10.1 Å². The molecule has 0 unspecified atom stereocenters. The minimum absolute atomic E-state index is 0.0156. The van der Waals surface area contributed by atoms with Crippen molar-refractivity contribution in [3.05, 3.63) is 46.2 Å². The monoisotopic (exact) mass is 468 g/mol. The summed E-state index contributed by atoms with van der Waals surface area (Å²) in [4.78, 5) is 13.5. The Balaban J connectivity index is 2.71. The number of hydrogen-bond acceptors (Lipinski definition) is 7. The summed E-state index contributed by atoms with van der Waals surface area (Å²) in [5.41, 5.74) is 2.84. The third kappa shape index (κ3) is 5.24. The predicted molar refractivity (Wildman–Crippen MR) is 120 cm³/mol. The maximum absolute atomic E-state index is 13.4. The predicted octanol–water partition coefficient (Wildman–Crippen LogP) is 3.29. The first-order valence-electron chi connectivity index (χ1n) is 9.68. The Morgan fingerprint density at radius 1 is 1.10 bits per heavy atom. The minimum atomic E-state index is -3.88. The molecule has 0 fully saturated rings. The molecule has 0 aliphatic rings. The van der Waals surface area contributed by atoms with Crippen LogP contribution in [0, 0.1) is 6.92 Å². The first-order chi connectivity index (χ1) is 14.2.